The van der Waals surface area contributed by atoms with Crippen molar-refractivity contribution in [3.05, 3.63) is 95.1 Å². The van der Waals surface area contributed by atoms with Gasteiger partial charge in [0.05, 0.1) is 30.7 Å². The van der Waals surface area contributed by atoms with Crippen molar-refractivity contribution < 1.29 is 53.6 Å². The summed E-state index contributed by atoms with van der Waals surface area (Å²) in [5.41, 5.74) is 0.958. The second-order valence-electron chi connectivity index (χ2n) is 11.9. The number of aryl methyl sites for hydroxylation is 1. The maximum Gasteiger partial charge on any atom is 0.395 e. The molecule has 0 aromatic heterocycles. The Hall–Kier alpha value is -6.44. The van der Waals surface area contributed by atoms with Crippen LogP contribution in [0.25, 0.3) is 10.8 Å². The summed E-state index contributed by atoms with van der Waals surface area (Å²) in [4.78, 5) is 75.4. The normalized spacial score (nSPS) is 11.3. The highest BCUT2D eigenvalue weighted by molar-refractivity contribution is 6.40. The third kappa shape index (κ3) is 9.21. The molecule has 0 saturated heterocycles. The van der Waals surface area contributed by atoms with E-state index in [1.165, 1.54) is 50.4 Å². The van der Waals surface area contributed by atoms with Gasteiger partial charge in [-0.1, -0.05) is 42.5 Å². The number of aromatic carboxylic acids is 1. The zero-order chi connectivity index (χ0) is 37.9. The highest BCUT2D eigenvalue weighted by atomic mass is 16.5. The number of nitrogens with one attached hydrogen (secondary N) is 2. The number of nitrogens with zero attached hydrogens (tertiary/aromatic N) is 1. The molecule has 14 heteroatoms. The molecule has 0 aliphatic rings. The topological polar surface area (TPSA) is 209 Å². The quantitative estimate of drug-likeness (QED) is 0.0658. The number of carboxylic acid groups (broad SMARTS) is 2. The van der Waals surface area contributed by atoms with Crippen LogP contribution < -0.4 is 20.3 Å². The minimum Gasteiger partial charge on any atom is -0.507 e. The highest BCUT2D eigenvalue weighted by Gasteiger charge is 2.30. The minimum atomic E-state index is -1.79. The van der Waals surface area contributed by atoms with E-state index in [0.717, 1.165) is 4.90 Å². The molecule has 4 aromatic rings. The van der Waals surface area contributed by atoms with Crippen molar-refractivity contribution in [3.63, 3.8) is 0 Å². The average molecular weight is 714 g/mol. The van der Waals surface area contributed by atoms with Gasteiger partial charge in [0.1, 0.15) is 23.1 Å². The summed E-state index contributed by atoms with van der Waals surface area (Å²) in [6, 6.07) is 17.5. The zero-order valence-electron chi connectivity index (χ0n) is 28.8. The number of aromatic hydroxyl groups is 1. The van der Waals surface area contributed by atoms with Crippen molar-refractivity contribution >= 4 is 57.8 Å². The number of fused-ring (bicyclic) bond motifs is 1. The molecule has 4 rings (SSSR count). The molecular weight excluding hydrogens is 674 g/mol. The fraction of sp³-hybridized carbons (Fsp3) is 0.263. The van der Waals surface area contributed by atoms with E-state index < -0.39 is 41.7 Å². The average Bonchev–Trinajstić information content (AvgIpc) is 3.11. The number of methoxy groups -OCH3 is 1. The van der Waals surface area contributed by atoms with Gasteiger partial charge in [0.15, 0.2) is 0 Å². The molecule has 0 bridgehead atoms. The molecule has 1 atom stereocenters. The van der Waals surface area contributed by atoms with E-state index in [4.69, 9.17) is 9.47 Å². The van der Waals surface area contributed by atoms with E-state index in [1.54, 1.807) is 43.3 Å². The Morgan fingerprint density at radius 3 is 2.21 bits per heavy atom. The van der Waals surface area contributed by atoms with E-state index in [1.807, 2.05) is 0 Å². The van der Waals surface area contributed by atoms with E-state index in [-0.39, 0.29) is 47.0 Å². The number of carbonyl (C=O) groups excluding carboxylic acids is 4. The molecule has 0 fully saturated rings. The van der Waals surface area contributed by atoms with Crippen LogP contribution in [0.15, 0.2) is 72.8 Å². The lowest BCUT2D eigenvalue weighted by Gasteiger charge is -2.25. The third-order valence-corrected chi connectivity index (χ3v) is 8.10. The van der Waals surface area contributed by atoms with Crippen molar-refractivity contribution in [2.75, 3.05) is 25.2 Å². The number of aliphatic carboxylic acids is 1. The first-order valence-corrected chi connectivity index (χ1v) is 16.3. The number of anilines is 2. The van der Waals surface area contributed by atoms with Gasteiger partial charge in [-0.3, -0.25) is 19.3 Å². The Morgan fingerprint density at radius 1 is 0.846 bits per heavy atom. The number of phenols is 1. The monoisotopic (exact) mass is 713 g/mol. The summed E-state index contributed by atoms with van der Waals surface area (Å²) in [7, 11) is 1.21. The molecule has 0 heterocycles. The predicted molar refractivity (Wildman–Crippen MR) is 190 cm³/mol. The van der Waals surface area contributed by atoms with Gasteiger partial charge in [0, 0.05) is 25.3 Å². The first-order chi connectivity index (χ1) is 24.8. The third-order valence-electron chi connectivity index (χ3n) is 8.10. The molecule has 0 spiro atoms. The van der Waals surface area contributed by atoms with Gasteiger partial charge in [-0.2, -0.15) is 0 Å². The smallest absolute Gasteiger partial charge is 0.395 e. The first-order valence-electron chi connectivity index (χ1n) is 16.3. The molecule has 272 valence electrons. The number of phenolic OH excluding ortho intramolecular Hbond substituents is 1. The lowest BCUT2D eigenvalue weighted by Crippen LogP contribution is -2.47. The van der Waals surface area contributed by atoms with Crippen LogP contribution in [0.4, 0.5) is 11.4 Å². The number of hydrogen-bond acceptors (Lipinski definition) is 9. The molecule has 52 heavy (non-hydrogen) atoms. The lowest BCUT2D eigenvalue weighted by molar-refractivity contribution is -0.148. The van der Waals surface area contributed by atoms with Crippen LogP contribution in [0.2, 0.25) is 0 Å². The molecule has 14 nitrogen and oxygen atoms in total. The summed E-state index contributed by atoms with van der Waals surface area (Å²) in [5, 5.41) is 36.1. The van der Waals surface area contributed by atoms with Gasteiger partial charge in [0.2, 0.25) is 11.8 Å². The molecule has 3 amide bonds. The minimum absolute atomic E-state index is 0.0461. The SMILES string of the molecule is COC(=O)c1c(O)cc(C)cc1OCCCCCNC(=O)[C@H](Cc1ccc(N(C(=O)C(=O)O)c2ccccc2C(=O)O)c2ccccc12)NC(C)=O. The van der Waals surface area contributed by atoms with Gasteiger partial charge in [-0.25, -0.2) is 14.4 Å². The highest BCUT2D eigenvalue weighted by Crippen LogP contribution is 2.36. The Bertz CT molecular complexity index is 2010. The van der Waals surface area contributed by atoms with Crippen molar-refractivity contribution in [2.45, 2.75) is 45.6 Å². The maximum absolute atomic E-state index is 13.3. The number of hydrogen-bond donors (Lipinski definition) is 5. The Kier molecular flexibility index (Phi) is 12.9. The van der Waals surface area contributed by atoms with Crippen LogP contribution in [-0.4, -0.2) is 77.3 Å². The molecule has 4 aromatic carbocycles. The number of ether oxygens (including phenoxy) is 2. The van der Waals surface area contributed by atoms with Gasteiger partial charge in [0.25, 0.3) is 0 Å². The van der Waals surface area contributed by atoms with Crippen LogP contribution in [0.3, 0.4) is 0 Å². The molecule has 0 radical (unpaired) electrons. The number of esters is 1. The van der Waals surface area contributed by atoms with Crippen LogP contribution in [0, 0.1) is 6.92 Å². The number of benzene rings is 4. The summed E-state index contributed by atoms with van der Waals surface area (Å²) < 4.78 is 10.5. The lowest BCUT2D eigenvalue weighted by atomic mass is 9.96. The standard InChI is InChI=1S/C38H39N3O11/c1-22-19-31(43)33(38(50)51-3)32(20-22)52-18-10-4-9-17-39-34(44)28(40-23(2)42)21-24-15-16-30(26-12-6-5-11-25(24)26)41(35(45)37(48)49)29-14-8-7-13-27(29)36(46)47/h5-8,11-16,19-20,28,43H,4,9-10,17-18,21H2,1-3H3,(H,39,44)(H,40,42)(H,46,47)(H,48,49)/t28-/m0/s1. The van der Waals surface area contributed by atoms with Crippen LogP contribution in [0.1, 0.15) is 58.0 Å². The second kappa shape index (κ2) is 17.5. The molecule has 5 N–H and O–H groups in total. The number of carbonyl (C=O) groups is 6. The summed E-state index contributed by atoms with van der Waals surface area (Å²) >= 11 is 0. The number of rotatable bonds is 15. The number of amides is 3. The fourth-order valence-electron chi connectivity index (χ4n) is 5.76. The van der Waals surface area contributed by atoms with Gasteiger partial charge in [-0.15, -0.1) is 0 Å². The molecule has 0 aliphatic carbocycles. The zero-order valence-corrected chi connectivity index (χ0v) is 28.8. The summed E-state index contributed by atoms with van der Waals surface area (Å²) in [6.07, 6.45) is 1.86. The van der Waals surface area contributed by atoms with Gasteiger partial charge >= 0.3 is 23.8 Å². The molecular formula is C38H39N3O11. The Morgan fingerprint density at radius 2 is 1.54 bits per heavy atom. The van der Waals surface area contributed by atoms with Gasteiger partial charge in [-0.05, 0) is 73.0 Å². The number of unbranched alkanes of at least 4 members (excludes halogenated alkanes) is 2. The van der Waals surface area contributed by atoms with Crippen molar-refractivity contribution in [1.29, 1.82) is 0 Å². The largest absolute Gasteiger partial charge is 0.507 e. The Labute approximate surface area is 299 Å². The predicted octanol–water partition coefficient (Wildman–Crippen LogP) is 4.50. The van der Waals surface area contributed by atoms with Gasteiger partial charge < -0.3 is 35.4 Å². The first kappa shape index (κ1) is 38.4. The van der Waals surface area contributed by atoms with E-state index in [2.05, 4.69) is 10.6 Å². The van der Waals surface area contributed by atoms with Crippen LogP contribution in [-0.2, 0) is 30.3 Å². The molecule has 0 unspecified atom stereocenters. The van der Waals surface area contributed by atoms with Crippen molar-refractivity contribution in [2.24, 2.45) is 0 Å². The number of para-hydroxylation sites is 1. The Balaban J connectivity index is 1.47. The van der Waals surface area contributed by atoms with E-state index in [9.17, 15) is 44.1 Å². The van der Waals surface area contributed by atoms with Crippen molar-refractivity contribution in [3.8, 4) is 11.5 Å². The van der Waals surface area contributed by atoms with E-state index >= 15 is 0 Å². The van der Waals surface area contributed by atoms with Crippen LogP contribution >= 0.6 is 0 Å². The summed E-state index contributed by atoms with van der Waals surface area (Å²) in [5.74, 6) is -6.12. The summed E-state index contributed by atoms with van der Waals surface area (Å²) in [6.45, 7) is 3.58. The maximum atomic E-state index is 13.3. The second-order valence-corrected chi connectivity index (χ2v) is 11.9. The van der Waals surface area contributed by atoms with E-state index in [0.29, 0.717) is 47.7 Å². The van der Waals surface area contributed by atoms with Crippen LogP contribution in [0.5, 0.6) is 11.5 Å². The fourth-order valence-corrected chi connectivity index (χ4v) is 5.76. The molecule has 0 aliphatic heterocycles. The number of carboxylic acids is 2. The molecule has 0 saturated carbocycles. The van der Waals surface area contributed by atoms with Crippen molar-refractivity contribution in [1.82, 2.24) is 10.6 Å².